The average molecular weight is 355 g/mol. The van der Waals surface area contributed by atoms with E-state index >= 15 is 0 Å². The van der Waals surface area contributed by atoms with Crippen LogP contribution in [0.4, 0.5) is 0 Å². The lowest BCUT2D eigenvalue weighted by Gasteiger charge is -2.37. The van der Waals surface area contributed by atoms with Gasteiger partial charge in [0.1, 0.15) is 0 Å². The van der Waals surface area contributed by atoms with Gasteiger partial charge in [0.05, 0.1) is 5.92 Å². The van der Waals surface area contributed by atoms with Gasteiger partial charge in [-0.2, -0.15) is 0 Å². The number of carboxylic acid groups (broad SMARTS) is 1. The normalized spacial score (nSPS) is 27.3. The van der Waals surface area contributed by atoms with Gasteiger partial charge in [0.15, 0.2) is 0 Å². The fourth-order valence-electron chi connectivity index (χ4n) is 3.84. The van der Waals surface area contributed by atoms with Crippen LogP contribution in [0.3, 0.4) is 0 Å². The van der Waals surface area contributed by atoms with Gasteiger partial charge in [-0.1, -0.05) is 6.92 Å². The summed E-state index contributed by atoms with van der Waals surface area (Å²) in [5.41, 5.74) is 0. The Morgan fingerprint density at radius 2 is 1.86 bits per heavy atom. The number of nitrogens with one attached hydrogen (secondary N) is 2. The quantitative estimate of drug-likeness (QED) is 0.685. The second-order valence-corrected chi connectivity index (χ2v) is 6.56. The summed E-state index contributed by atoms with van der Waals surface area (Å²) in [5, 5.41) is 16.3. The fraction of sp³-hybridized carbons (Fsp3) is 0.938. The minimum Gasteiger partial charge on any atom is -0.481 e. The molecule has 2 fully saturated rings. The molecule has 2 aliphatic heterocycles. The summed E-state index contributed by atoms with van der Waals surface area (Å²) in [6.07, 6.45) is 7.76. The zero-order chi connectivity index (χ0) is 14.4. The molecule has 0 bridgehead atoms. The summed E-state index contributed by atoms with van der Waals surface area (Å²) in [6, 6.07) is 0.667. The zero-order valence-electron chi connectivity index (χ0n) is 13.6. The molecule has 3 unspecified atom stereocenters. The largest absolute Gasteiger partial charge is 0.481 e. The SMILES string of the molecule is CCC(CCC1CCNC(C2CCNCC2)C1)C(=O)O.Cl.Cl. The summed E-state index contributed by atoms with van der Waals surface area (Å²) >= 11 is 0. The number of hydrogen-bond donors (Lipinski definition) is 3. The van der Waals surface area contributed by atoms with E-state index in [1.807, 2.05) is 6.92 Å². The lowest BCUT2D eigenvalue weighted by molar-refractivity contribution is -0.142. The number of aliphatic carboxylic acids is 1. The summed E-state index contributed by atoms with van der Waals surface area (Å²) in [5.74, 6) is 0.795. The van der Waals surface area contributed by atoms with Crippen molar-refractivity contribution in [2.45, 2.75) is 57.9 Å². The van der Waals surface area contributed by atoms with Crippen molar-refractivity contribution >= 4 is 30.8 Å². The van der Waals surface area contributed by atoms with Crippen molar-refractivity contribution in [3.8, 4) is 0 Å². The second-order valence-electron chi connectivity index (χ2n) is 6.56. The van der Waals surface area contributed by atoms with Crippen LogP contribution >= 0.6 is 24.8 Å². The van der Waals surface area contributed by atoms with E-state index in [0.29, 0.717) is 6.04 Å². The van der Waals surface area contributed by atoms with Gasteiger partial charge in [0.25, 0.3) is 0 Å². The van der Waals surface area contributed by atoms with Gasteiger partial charge in [-0.05, 0) is 76.4 Å². The zero-order valence-corrected chi connectivity index (χ0v) is 15.2. The highest BCUT2D eigenvalue weighted by molar-refractivity contribution is 5.85. The van der Waals surface area contributed by atoms with E-state index in [4.69, 9.17) is 5.11 Å². The maximum Gasteiger partial charge on any atom is 0.306 e. The number of carbonyl (C=O) groups is 1. The topological polar surface area (TPSA) is 61.4 Å². The highest BCUT2D eigenvalue weighted by Gasteiger charge is 2.29. The molecule has 2 aliphatic rings. The maximum atomic E-state index is 11.1. The maximum absolute atomic E-state index is 11.1. The lowest BCUT2D eigenvalue weighted by Crippen LogP contribution is -2.46. The predicted octanol–water partition coefficient (Wildman–Crippen LogP) is 3.09. The van der Waals surface area contributed by atoms with Crippen LogP contribution in [-0.2, 0) is 4.79 Å². The molecule has 3 atom stereocenters. The van der Waals surface area contributed by atoms with Crippen molar-refractivity contribution in [1.82, 2.24) is 10.6 Å². The molecule has 2 saturated heterocycles. The Balaban J connectivity index is 0.00000220. The van der Waals surface area contributed by atoms with Crippen molar-refractivity contribution in [3.05, 3.63) is 0 Å². The van der Waals surface area contributed by atoms with Gasteiger partial charge in [-0.25, -0.2) is 0 Å². The first kappa shape index (κ1) is 22.0. The van der Waals surface area contributed by atoms with Crippen LogP contribution in [0.2, 0.25) is 0 Å². The number of piperidine rings is 2. The number of carboxylic acids is 1. The average Bonchev–Trinajstić information content (AvgIpc) is 2.49. The van der Waals surface area contributed by atoms with Gasteiger partial charge in [0, 0.05) is 6.04 Å². The van der Waals surface area contributed by atoms with Crippen molar-refractivity contribution in [3.63, 3.8) is 0 Å². The molecule has 0 saturated carbocycles. The molecule has 0 spiro atoms. The van der Waals surface area contributed by atoms with Gasteiger partial charge in [-0.3, -0.25) is 4.79 Å². The van der Waals surface area contributed by atoms with Crippen LogP contribution < -0.4 is 10.6 Å². The van der Waals surface area contributed by atoms with E-state index in [-0.39, 0.29) is 30.7 Å². The Morgan fingerprint density at radius 1 is 1.18 bits per heavy atom. The molecule has 4 nitrogen and oxygen atoms in total. The first-order chi connectivity index (χ1) is 9.70. The van der Waals surface area contributed by atoms with E-state index in [0.717, 1.165) is 50.7 Å². The summed E-state index contributed by atoms with van der Waals surface area (Å²) in [4.78, 5) is 11.1. The molecule has 0 amide bonds. The third-order valence-corrected chi connectivity index (χ3v) is 5.26. The molecule has 132 valence electrons. The first-order valence-electron chi connectivity index (χ1n) is 8.37. The van der Waals surface area contributed by atoms with E-state index in [1.165, 1.54) is 25.7 Å². The van der Waals surface area contributed by atoms with E-state index in [1.54, 1.807) is 0 Å². The molecule has 2 heterocycles. The molecule has 0 aromatic carbocycles. The third-order valence-electron chi connectivity index (χ3n) is 5.26. The van der Waals surface area contributed by atoms with Crippen LogP contribution in [0.1, 0.15) is 51.9 Å². The molecule has 0 aromatic rings. The first-order valence-corrected chi connectivity index (χ1v) is 8.37. The van der Waals surface area contributed by atoms with Crippen LogP contribution in [0.5, 0.6) is 0 Å². The molecule has 0 aromatic heterocycles. The lowest BCUT2D eigenvalue weighted by atomic mass is 9.79. The standard InChI is InChI=1S/C16H30N2O2.2ClH/c1-2-13(16(19)20)4-3-12-5-10-18-15(11-12)14-6-8-17-9-7-14;;/h12-15,17-18H,2-11H2,1H3,(H,19,20);2*1H. The number of rotatable bonds is 6. The smallest absolute Gasteiger partial charge is 0.306 e. The van der Waals surface area contributed by atoms with Crippen LogP contribution in [0, 0.1) is 17.8 Å². The molecular formula is C16H32Cl2N2O2. The molecule has 3 N–H and O–H groups in total. The Morgan fingerprint density at radius 3 is 2.45 bits per heavy atom. The van der Waals surface area contributed by atoms with Crippen LogP contribution in [0.15, 0.2) is 0 Å². The monoisotopic (exact) mass is 354 g/mol. The predicted molar refractivity (Wildman–Crippen MR) is 95.3 cm³/mol. The van der Waals surface area contributed by atoms with Gasteiger partial charge >= 0.3 is 5.97 Å². The third kappa shape index (κ3) is 6.61. The van der Waals surface area contributed by atoms with Crippen LogP contribution in [0.25, 0.3) is 0 Å². The van der Waals surface area contributed by atoms with Crippen molar-refractivity contribution < 1.29 is 9.90 Å². The molecule has 0 radical (unpaired) electrons. The van der Waals surface area contributed by atoms with Crippen LogP contribution in [-0.4, -0.2) is 36.8 Å². The Labute approximate surface area is 147 Å². The second kappa shape index (κ2) is 11.5. The van der Waals surface area contributed by atoms with E-state index < -0.39 is 5.97 Å². The van der Waals surface area contributed by atoms with Crippen molar-refractivity contribution in [2.75, 3.05) is 19.6 Å². The Bertz CT molecular complexity index is 313. The molecule has 22 heavy (non-hydrogen) atoms. The van der Waals surface area contributed by atoms with Crippen molar-refractivity contribution in [1.29, 1.82) is 0 Å². The molecule has 6 heteroatoms. The highest BCUT2D eigenvalue weighted by atomic mass is 35.5. The van der Waals surface area contributed by atoms with E-state index in [2.05, 4.69) is 10.6 Å². The minimum atomic E-state index is -0.615. The minimum absolute atomic E-state index is 0. The summed E-state index contributed by atoms with van der Waals surface area (Å²) < 4.78 is 0. The molecule has 2 rings (SSSR count). The van der Waals surface area contributed by atoms with Gasteiger partial charge in [0.2, 0.25) is 0 Å². The van der Waals surface area contributed by atoms with Gasteiger partial charge in [-0.15, -0.1) is 24.8 Å². The summed E-state index contributed by atoms with van der Waals surface area (Å²) in [6.45, 7) is 5.41. The molecular weight excluding hydrogens is 323 g/mol. The van der Waals surface area contributed by atoms with E-state index in [9.17, 15) is 4.79 Å². The molecule has 0 aliphatic carbocycles. The summed E-state index contributed by atoms with van der Waals surface area (Å²) in [7, 11) is 0. The number of hydrogen-bond acceptors (Lipinski definition) is 3. The van der Waals surface area contributed by atoms with Gasteiger partial charge < -0.3 is 15.7 Å². The fourth-order valence-corrected chi connectivity index (χ4v) is 3.84. The highest BCUT2D eigenvalue weighted by Crippen LogP contribution is 2.30. The Hall–Kier alpha value is -0.0300. The Kier molecular flexibility index (Phi) is 11.5. The van der Waals surface area contributed by atoms with Crippen molar-refractivity contribution in [2.24, 2.45) is 17.8 Å². The number of halogens is 2.